The Hall–Kier alpha value is 4.05. The number of hydrogen-bond acceptors (Lipinski definition) is 12. The van der Waals surface area contributed by atoms with Crippen LogP contribution in [0.5, 0.6) is 0 Å². The van der Waals surface area contributed by atoms with Crippen LogP contribution >= 0.6 is 0 Å². The summed E-state index contributed by atoms with van der Waals surface area (Å²) in [7, 11) is -15.5. The van der Waals surface area contributed by atoms with Gasteiger partial charge in [-0.1, -0.05) is 0 Å². The maximum Gasteiger partial charge on any atom is 1.00 e. The van der Waals surface area contributed by atoms with Crippen molar-refractivity contribution in [2.75, 3.05) is 0 Å². The minimum absolute atomic E-state index is 0. The van der Waals surface area contributed by atoms with Gasteiger partial charge in [-0.15, -0.1) is 0 Å². The molecule has 0 N–H and O–H groups in total. The van der Waals surface area contributed by atoms with Crippen LogP contribution in [-0.4, -0.2) is 52.6 Å². The van der Waals surface area contributed by atoms with Crippen molar-refractivity contribution in [2.24, 2.45) is 0 Å². The van der Waals surface area contributed by atoms with E-state index in [-0.39, 0.29) is 134 Å². The zero-order valence-corrected chi connectivity index (χ0v) is 23.4. The van der Waals surface area contributed by atoms with Gasteiger partial charge in [0.25, 0.3) is 0 Å². The monoisotopic (exact) mass is 1470 g/mol. The zero-order valence-electron chi connectivity index (χ0n) is 7.93. The normalized spacial score (nSPS) is 8.29. The first-order valence-electron chi connectivity index (χ1n) is 2.00. The van der Waals surface area contributed by atoms with Gasteiger partial charge in [0, 0.05) is 31.2 Å². The van der Waals surface area contributed by atoms with Crippen molar-refractivity contribution < 1.29 is 187 Å². The van der Waals surface area contributed by atoms with E-state index in [0.717, 1.165) is 0 Å². The molecule has 0 aliphatic heterocycles. The first kappa shape index (κ1) is 56.2. The molecule has 0 aliphatic carbocycles. The van der Waals surface area contributed by atoms with Crippen LogP contribution in [0.2, 0.25) is 0 Å². The molecular formula is Au6O12S3. The van der Waals surface area contributed by atoms with Crippen LogP contribution in [0, 0.1) is 0 Å². The summed E-state index contributed by atoms with van der Waals surface area (Å²) in [5, 5.41) is 0. The molecule has 0 saturated carbocycles. The van der Waals surface area contributed by atoms with E-state index >= 15 is 0 Å². The van der Waals surface area contributed by atoms with Gasteiger partial charge >= 0.3 is 134 Å². The van der Waals surface area contributed by atoms with Crippen molar-refractivity contribution in [3.05, 3.63) is 0 Å². The molecule has 156 valence electrons. The molecular weight excluding hydrogens is 1470 g/mol. The van der Waals surface area contributed by atoms with Gasteiger partial charge in [-0.3, -0.25) is 25.3 Å². The summed E-state index contributed by atoms with van der Waals surface area (Å²) in [6.07, 6.45) is 0. The summed E-state index contributed by atoms with van der Waals surface area (Å²) >= 11 is 0. The Labute approximate surface area is 214 Å². The molecule has 0 unspecified atom stereocenters. The van der Waals surface area contributed by atoms with Gasteiger partial charge in [-0.05, 0) is 0 Å². The van der Waals surface area contributed by atoms with E-state index in [4.69, 9.17) is 52.6 Å². The van der Waals surface area contributed by atoms with E-state index in [0.29, 0.717) is 0 Å². The van der Waals surface area contributed by atoms with Crippen molar-refractivity contribution in [2.45, 2.75) is 0 Å². The van der Waals surface area contributed by atoms with Gasteiger partial charge in [-0.2, -0.15) is 0 Å². The molecule has 21 heteroatoms. The predicted molar refractivity (Wildman–Crippen MR) is 31.4 cm³/mol. The van der Waals surface area contributed by atoms with Gasteiger partial charge in [-0.25, -0.2) is 0 Å². The van der Waals surface area contributed by atoms with Crippen LogP contribution in [0.25, 0.3) is 0 Å². The van der Waals surface area contributed by atoms with Crippen molar-refractivity contribution in [3.8, 4) is 0 Å². The molecule has 0 saturated heterocycles. The van der Waals surface area contributed by atoms with Gasteiger partial charge in [0.05, 0.1) is 0 Å². The number of hydrogen-bond donors (Lipinski definition) is 0. The summed E-state index contributed by atoms with van der Waals surface area (Å²) in [5.74, 6) is 0. The second-order valence-corrected chi connectivity index (χ2v) is 3.67. The molecule has 12 nitrogen and oxygen atoms in total. The van der Waals surface area contributed by atoms with Crippen molar-refractivity contribution >= 4 is 31.2 Å². The molecule has 21 heavy (non-hydrogen) atoms. The van der Waals surface area contributed by atoms with E-state index in [2.05, 4.69) is 0 Å². The second-order valence-electron chi connectivity index (χ2n) is 1.22. The largest absolute Gasteiger partial charge is 1.00 e. The third-order valence-electron chi connectivity index (χ3n) is 0. The van der Waals surface area contributed by atoms with Gasteiger partial charge in [0.15, 0.2) is 0 Å². The first-order valence-corrected chi connectivity index (χ1v) is 6.00. The fraction of sp³-hybridized carbons (Fsp3) is 0. The average molecular weight is 1470 g/mol. The second kappa shape index (κ2) is 26.3. The minimum atomic E-state index is -5.17. The smallest absolute Gasteiger partial charge is 0.759 e. The van der Waals surface area contributed by atoms with Crippen LogP contribution in [0.15, 0.2) is 0 Å². The summed E-state index contributed by atoms with van der Waals surface area (Å²) in [6, 6.07) is 0. The molecule has 0 radical (unpaired) electrons. The molecule has 0 aromatic rings. The van der Waals surface area contributed by atoms with Crippen LogP contribution in [0.1, 0.15) is 0 Å². The van der Waals surface area contributed by atoms with E-state index in [1.54, 1.807) is 0 Å². The summed E-state index contributed by atoms with van der Waals surface area (Å²) in [5.41, 5.74) is 0. The van der Waals surface area contributed by atoms with Crippen LogP contribution in [0.4, 0.5) is 0 Å². The Morgan fingerprint density at radius 3 is 0.333 bits per heavy atom. The summed E-state index contributed by atoms with van der Waals surface area (Å²) < 4.78 is 102. The molecule has 0 rings (SSSR count). The quantitative estimate of drug-likeness (QED) is 0.128. The van der Waals surface area contributed by atoms with Gasteiger partial charge in [0.2, 0.25) is 0 Å². The van der Waals surface area contributed by atoms with Gasteiger partial charge < -0.3 is 27.3 Å². The topological polar surface area (TPSA) is 241 Å². The third kappa shape index (κ3) is 712. The van der Waals surface area contributed by atoms with E-state index in [1.807, 2.05) is 0 Å². The van der Waals surface area contributed by atoms with Crippen LogP contribution in [-0.2, 0) is 165 Å². The zero-order chi connectivity index (χ0) is 13.5. The van der Waals surface area contributed by atoms with E-state index < -0.39 is 31.2 Å². The predicted octanol–water partition coefficient (Wildman–Crippen LogP) is -4.03. The first-order chi connectivity index (χ1) is 6.00. The summed E-state index contributed by atoms with van der Waals surface area (Å²) in [4.78, 5) is 0. The molecule has 0 aromatic carbocycles. The Balaban J connectivity index is -0.0000000129. The van der Waals surface area contributed by atoms with Crippen LogP contribution < -0.4 is 0 Å². The van der Waals surface area contributed by atoms with E-state index in [1.165, 1.54) is 0 Å². The molecule has 0 spiro atoms. The molecule has 0 atom stereocenters. The fourth-order valence-corrected chi connectivity index (χ4v) is 0. The van der Waals surface area contributed by atoms with E-state index in [9.17, 15) is 0 Å². The minimum Gasteiger partial charge on any atom is -0.759 e. The molecule has 0 fully saturated rings. The van der Waals surface area contributed by atoms with Crippen LogP contribution in [0.3, 0.4) is 0 Å². The molecule has 0 amide bonds. The van der Waals surface area contributed by atoms with Crippen molar-refractivity contribution in [3.63, 3.8) is 0 Å². The number of rotatable bonds is 0. The SMILES string of the molecule is O=S(=O)([O-])[O-].O=S(=O)([O-])[O-].O=S(=O)([O-])[O-].[Au+].[Au+].[Au+].[Au+].[Au+].[Au+]. The Morgan fingerprint density at radius 2 is 0.333 bits per heavy atom. The standard InChI is InChI=1S/6Au.3H2O4S/c;;;;;;3*1-5(2,3)4/h;;;;;;3*(H2,1,2,3,4)/q6*+1;;;/p-6. The van der Waals surface area contributed by atoms with Crippen molar-refractivity contribution in [1.29, 1.82) is 0 Å². The summed E-state index contributed by atoms with van der Waals surface area (Å²) in [6.45, 7) is 0. The van der Waals surface area contributed by atoms with Crippen molar-refractivity contribution in [1.82, 2.24) is 0 Å². The Kier molecular flexibility index (Phi) is 70.4. The maximum absolute atomic E-state index is 8.52. The Bertz CT molecular complexity index is 350. The molecule has 0 bridgehead atoms. The maximum atomic E-state index is 8.52. The molecule has 0 heterocycles. The average Bonchev–Trinajstić information content (AvgIpc) is 1.41. The van der Waals surface area contributed by atoms with Gasteiger partial charge in [0.1, 0.15) is 0 Å². The molecule has 0 aliphatic rings. The fourth-order valence-electron chi connectivity index (χ4n) is 0. The third-order valence-corrected chi connectivity index (χ3v) is 0. The molecule has 0 aromatic heterocycles. The Morgan fingerprint density at radius 1 is 0.333 bits per heavy atom.